The summed E-state index contributed by atoms with van der Waals surface area (Å²) in [5.74, 6) is 0.484. The molecular weight excluding hydrogens is 324 g/mol. The van der Waals surface area contributed by atoms with Gasteiger partial charge in [0.1, 0.15) is 5.75 Å². The Morgan fingerprint density at radius 3 is 2.46 bits per heavy atom. The Morgan fingerprint density at radius 2 is 1.79 bits per heavy atom. The van der Waals surface area contributed by atoms with E-state index < -0.39 is 0 Å². The van der Waals surface area contributed by atoms with Gasteiger partial charge in [-0.15, -0.1) is 0 Å². The molecule has 2 N–H and O–H groups in total. The molecule has 2 aromatic rings. The fourth-order valence-electron chi connectivity index (χ4n) is 2.12. The zero-order valence-corrected chi connectivity index (χ0v) is 14.5. The lowest BCUT2D eigenvalue weighted by Gasteiger charge is -2.13. The van der Waals surface area contributed by atoms with Crippen LogP contribution in [0, 0.1) is 0 Å². The van der Waals surface area contributed by atoms with E-state index in [1.807, 2.05) is 48.5 Å². The Labute approximate surface area is 147 Å². The average molecular weight is 344 g/mol. The van der Waals surface area contributed by atoms with Gasteiger partial charge >= 0.3 is 5.97 Å². The monoisotopic (exact) mass is 344 g/mol. The van der Waals surface area contributed by atoms with E-state index in [0.717, 1.165) is 16.9 Å². The van der Waals surface area contributed by atoms with Crippen molar-refractivity contribution in [1.82, 2.24) is 0 Å². The van der Waals surface area contributed by atoms with Crippen LogP contribution >= 0.6 is 12.2 Å². The predicted octanol–water partition coefficient (Wildman–Crippen LogP) is 3.61. The molecule has 0 atom stereocenters. The number of benzene rings is 2. The largest absolute Gasteiger partial charge is 0.495 e. The standard InChI is InChI=1S/C18H20N2O3S/c1-3-23-17(21)12-13-8-10-14(11-9-13)19-18(24)20-15-6-4-5-7-16(15)22-2/h4-11H,3,12H2,1-2H3,(H2,19,20,24). The molecule has 0 aliphatic rings. The van der Waals surface area contributed by atoms with Gasteiger partial charge in [0.2, 0.25) is 0 Å². The van der Waals surface area contributed by atoms with Gasteiger partial charge in [0.25, 0.3) is 0 Å². The van der Waals surface area contributed by atoms with E-state index in [9.17, 15) is 4.79 Å². The molecule has 0 fully saturated rings. The van der Waals surface area contributed by atoms with Crippen LogP contribution in [0.2, 0.25) is 0 Å². The van der Waals surface area contributed by atoms with Crippen LogP contribution in [0.5, 0.6) is 5.75 Å². The zero-order valence-electron chi connectivity index (χ0n) is 13.7. The highest BCUT2D eigenvalue weighted by atomic mass is 32.1. The number of hydrogen-bond donors (Lipinski definition) is 2. The Bertz CT molecular complexity index is 702. The maximum absolute atomic E-state index is 11.5. The molecule has 0 radical (unpaired) electrons. The maximum Gasteiger partial charge on any atom is 0.310 e. The summed E-state index contributed by atoms with van der Waals surface area (Å²) in [5, 5.41) is 6.65. The molecule has 6 heteroatoms. The molecule has 0 aromatic heterocycles. The lowest BCUT2D eigenvalue weighted by molar-refractivity contribution is -0.142. The number of nitrogens with one attached hydrogen (secondary N) is 2. The minimum atomic E-state index is -0.230. The molecular formula is C18H20N2O3S. The Kier molecular flexibility index (Phi) is 6.57. The zero-order chi connectivity index (χ0) is 17.4. The van der Waals surface area contributed by atoms with Crippen molar-refractivity contribution in [3.8, 4) is 5.75 Å². The van der Waals surface area contributed by atoms with Gasteiger partial charge in [-0.3, -0.25) is 4.79 Å². The van der Waals surface area contributed by atoms with Crippen LogP contribution in [0.25, 0.3) is 0 Å². The normalized spacial score (nSPS) is 9.92. The van der Waals surface area contributed by atoms with Crippen LogP contribution in [0.4, 0.5) is 11.4 Å². The highest BCUT2D eigenvalue weighted by Crippen LogP contribution is 2.23. The minimum absolute atomic E-state index is 0.230. The number of esters is 1. The topological polar surface area (TPSA) is 59.6 Å². The van der Waals surface area contributed by atoms with Gasteiger partial charge in [-0.1, -0.05) is 24.3 Å². The average Bonchev–Trinajstić information content (AvgIpc) is 2.57. The van der Waals surface area contributed by atoms with Gasteiger partial charge in [0, 0.05) is 5.69 Å². The van der Waals surface area contributed by atoms with E-state index in [1.165, 1.54) is 0 Å². The summed E-state index contributed by atoms with van der Waals surface area (Å²) in [5.41, 5.74) is 2.51. The Balaban J connectivity index is 1.93. The molecule has 2 rings (SSSR count). The van der Waals surface area contributed by atoms with Crippen LogP contribution in [-0.4, -0.2) is 24.8 Å². The first-order valence-corrected chi connectivity index (χ1v) is 7.98. The number of methoxy groups -OCH3 is 1. The lowest BCUT2D eigenvalue weighted by atomic mass is 10.1. The third kappa shape index (κ3) is 5.24. The van der Waals surface area contributed by atoms with Crippen molar-refractivity contribution in [3.05, 3.63) is 54.1 Å². The van der Waals surface area contributed by atoms with E-state index in [0.29, 0.717) is 17.5 Å². The second-order valence-corrected chi connectivity index (χ2v) is 5.37. The first kappa shape index (κ1) is 17.7. The molecule has 0 spiro atoms. The Hall–Kier alpha value is -2.60. The quantitative estimate of drug-likeness (QED) is 0.617. The summed E-state index contributed by atoms with van der Waals surface area (Å²) in [6.07, 6.45) is 0.262. The second-order valence-electron chi connectivity index (χ2n) is 4.96. The number of hydrogen-bond acceptors (Lipinski definition) is 4. The van der Waals surface area contributed by atoms with Gasteiger partial charge in [0.15, 0.2) is 5.11 Å². The van der Waals surface area contributed by atoms with Gasteiger partial charge < -0.3 is 20.1 Å². The predicted molar refractivity (Wildman–Crippen MR) is 99.6 cm³/mol. The number of anilines is 2. The maximum atomic E-state index is 11.5. The van der Waals surface area contributed by atoms with Crippen molar-refractivity contribution < 1.29 is 14.3 Å². The van der Waals surface area contributed by atoms with Gasteiger partial charge in [0.05, 0.1) is 25.8 Å². The molecule has 0 amide bonds. The number of ether oxygens (including phenoxy) is 2. The fraction of sp³-hybridized carbons (Fsp3) is 0.222. The summed E-state index contributed by atoms with van der Waals surface area (Å²) in [6, 6.07) is 15.0. The van der Waals surface area contributed by atoms with Gasteiger partial charge in [-0.2, -0.15) is 0 Å². The molecule has 2 aromatic carbocycles. The van der Waals surface area contributed by atoms with E-state index in [2.05, 4.69) is 10.6 Å². The van der Waals surface area contributed by atoms with Crippen LogP contribution in [-0.2, 0) is 16.0 Å². The fourth-order valence-corrected chi connectivity index (χ4v) is 2.34. The van der Waals surface area contributed by atoms with Crippen molar-refractivity contribution >= 4 is 34.7 Å². The van der Waals surface area contributed by atoms with Crippen molar-refractivity contribution in [3.63, 3.8) is 0 Å². The number of thiocarbonyl (C=S) groups is 1. The molecule has 126 valence electrons. The smallest absolute Gasteiger partial charge is 0.310 e. The second kappa shape index (κ2) is 8.88. The van der Waals surface area contributed by atoms with Crippen molar-refractivity contribution in [2.45, 2.75) is 13.3 Å². The van der Waals surface area contributed by atoms with Crippen LogP contribution in [0.3, 0.4) is 0 Å². The van der Waals surface area contributed by atoms with Crippen molar-refractivity contribution in [2.75, 3.05) is 24.4 Å². The first-order chi connectivity index (χ1) is 11.6. The minimum Gasteiger partial charge on any atom is -0.495 e. The summed E-state index contributed by atoms with van der Waals surface area (Å²) < 4.78 is 10.2. The van der Waals surface area contributed by atoms with Crippen LogP contribution < -0.4 is 15.4 Å². The molecule has 5 nitrogen and oxygen atoms in total. The van der Waals surface area contributed by atoms with E-state index in [4.69, 9.17) is 21.7 Å². The number of para-hydroxylation sites is 2. The highest BCUT2D eigenvalue weighted by molar-refractivity contribution is 7.80. The number of carbonyl (C=O) groups excluding carboxylic acids is 1. The first-order valence-electron chi connectivity index (χ1n) is 7.58. The molecule has 24 heavy (non-hydrogen) atoms. The molecule has 0 saturated heterocycles. The van der Waals surface area contributed by atoms with E-state index in [1.54, 1.807) is 14.0 Å². The van der Waals surface area contributed by atoms with Gasteiger partial charge in [-0.05, 0) is 49.0 Å². The van der Waals surface area contributed by atoms with Crippen LogP contribution in [0.15, 0.2) is 48.5 Å². The summed E-state index contributed by atoms with van der Waals surface area (Å²) in [7, 11) is 1.61. The molecule has 0 aliphatic heterocycles. The highest BCUT2D eigenvalue weighted by Gasteiger charge is 2.06. The summed E-state index contributed by atoms with van der Waals surface area (Å²) >= 11 is 5.31. The van der Waals surface area contributed by atoms with E-state index in [-0.39, 0.29) is 12.4 Å². The number of carbonyl (C=O) groups is 1. The summed E-state index contributed by atoms with van der Waals surface area (Å²) in [6.45, 7) is 2.18. The van der Waals surface area contributed by atoms with Crippen molar-refractivity contribution in [1.29, 1.82) is 0 Å². The van der Waals surface area contributed by atoms with Gasteiger partial charge in [-0.25, -0.2) is 0 Å². The SMILES string of the molecule is CCOC(=O)Cc1ccc(NC(=S)Nc2ccccc2OC)cc1. The van der Waals surface area contributed by atoms with E-state index >= 15 is 0 Å². The van der Waals surface area contributed by atoms with Crippen molar-refractivity contribution in [2.24, 2.45) is 0 Å². The molecule has 0 saturated carbocycles. The Morgan fingerprint density at radius 1 is 1.08 bits per heavy atom. The molecule has 0 bridgehead atoms. The summed E-state index contributed by atoms with van der Waals surface area (Å²) in [4.78, 5) is 11.5. The lowest BCUT2D eigenvalue weighted by Crippen LogP contribution is -2.19. The molecule has 0 heterocycles. The molecule has 0 unspecified atom stereocenters. The third-order valence-corrected chi connectivity index (χ3v) is 3.42. The molecule has 0 aliphatic carbocycles. The van der Waals surface area contributed by atoms with Crippen LogP contribution in [0.1, 0.15) is 12.5 Å². The third-order valence-electron chi connectivity index (χ3n) is 3.22. The number of rotatable bonds is 6.